The molecule has 1 heterocycles. The first kappa shape index (κ1) is 11.7. The fraction of sp³-hybridized carbons (Fsp3) is 0.667. The summed E-state index contributed by atoms with van der Waals surface area (Å²) in [6.45, 7) is 6.31. The van der Waals surface area contributed by atoms with Gasteiger partial charge in [-0.2, -0.15) is 0 Å². The maximum absolute atomic E-state index is 10.3. The van der Waals surface area contributed by atoms with Gasteiger partial charge in [-0.25, -0.2) is 0 Å². The lowest BCUT2D eigenvalue weighted by Crippen LogP contribution is -2.23. The van der Waals surface area contributed by atoms with Crippen LogP contribution >= 0.6 is 11.3 Å². The first-order valence-corrected chi connectivity index (χ1v) is 6.24. The summed E-state index contributed by atoms with van der Waals surface area (Å²) in [5.74, 6) is 0.632. The van der Waals surface area contributed by atoms with Gasteiger partial charge in [0.2, 0.25) is 0 Å². The van der Waals surface area contributed by atoms with Crippen LogP contribution in [0.15, 0.2) is 17.5 Å². The lowest BCUT2D eigenvalue weighted by atomic mass is 9.87. The molecule has 0 saturated heterocycles. The van der Waals surface area contributed by atoms with Crippen molar-refractivity contribution in [2.45, 2.75) is 45.6 Å². The highest BCUT2D eigenvalue weighted by atomic mass is 32.1. The van der Waals surface area contributed by atoms with Crippen LogP contribution in [0.2, 0.25) is 0 Å². The quantitative estimate of drug-likeness (QED) is 0.787. The number of aliphatic hydroxyl groups is 1. The number of thiophene rings is 1. The van der Waals surface area contributed by atoms with Gasteiger partial charge < -0.3 is 5.11 Å². The second-order valence-electron chi connectivity index (χ2n) is 4.14. The van der Waals surface area contributed by atoms with Crippen molar-refractivity contribution in [3.63, 3.8) is 0 Å². The maximum atomic E-state index is 10.3. The molecule has 1 nitrogen and oxygen atoms in total. The van der Waals surface area contributed by atoms with E-state index in [1.807, 2.05) is 24.4 Å². The van der Waals surface area contributed by atoms with Gasteiger partial charge in [0, 0.05) is 4.88 Å². The Hall–Kier alpha value is -0.340. The van der Waals surface area contributed by atoms with Crippen LogP contribution < -0.4 is 0 Å². The van der Waals surface area contributed by atoms with Crippen molar-refractivity contribution in [3.8, 4) is 0 Å². The molecular formula is C12H20OS. The molecule has 0 saturated carbocycles. The first-order valence-electron chi connectivity index (χ1n) is 5.36. The van der Waals surface area contributed by atoms with Crippen molar-refractivity contribution in [1.82, 2.24) is 0 Å². The second kappa shape index (κ2) is 4.94. The molecule has 1 aromatic heterocycles. The average molecular weight is 212 g/mol. The van der Waals surface area contributed by atoms with Crippen LogP contribution in [-0.2, 0) is 5.60 Å². The topological polar surface area (TPSA) is 20.2 Å². The molecule has 0 aliphatic heterocycles. The third-order valence-corrected chi connectivity index (χ3v) is 4.02. The molecule has 14 heavy (non-hydrogen) atoms. The van der Waals surface area contributed by atoms with E-state index in [1.54, 1.807) is 11.3 Å². The molecule has 0 bridgehead atoms. The predicted octanol–water partition coefficient (Wildman–Crippen LogP) is 3.78. The fourth-order valence-electron chi connectivity index (χ4n) is 1.83. The summed E-state index contributed by atoms with van der Waals surface area (Å²) in [7, 11) is 0. The van der Waals surface area contributed by atoms with Gasteiger partial charge in [-0.3, -0.25) is 0 Å². The molecule has 0 spiro atoms. The van der Waals surface area contributed by atoms with Crippen LogP contribution in [-0.4, -0.2) is 5.11 Å². The van der Waals surface area contributed by atoms with E-state index in [9.17, 15) is 5.11 Å². The molecule has 1 atom stereocenters. The van der Waals surface area contributed by atoms with E-state index in [0.717, 1.165) is 24.1 Å². The van der Waals surface area contributed by atoms with Crippen molar-refractivity contribution in [2.24, 2.45) is 5.92 Å². The monoisotopic (exact) mass is 212 g/mol. The highest BCUT2D eigenvalue weighted by Crippen LogP contribution is 2.33. The van der Waals surface area contributed by atoms with E-state index < -0.39 is 5.60 Å². The lowest BCUT2D eigenvalue weighted by molar-refractivity contribution is 0.0321. The molecule has 1 N–H and O–H groups in total. The summed E-state index contributed by atoms with van der Waals surface area (Å²) in [6, 6.07) is 4.02. The molecular weight excluding hydrogens is 192 g/mol. The molecule has 0 fully saturated rings. The van der Waals surface area contributed by atoms with Gasteiger partial charge in [-0.05, 0) is 30.7 Å². The van der Waals surface area contributed by atoms with Crippen LogP contribution in [0.25, 0.3) is 0 Å². The van der Waals surface area contributed by atoms with Crippen molar-refractivity contribution in [3.05, 3.63) is 22.4 Å². The van der Waals surface area contributed by atoms with Crippen molar-refractivity contribution >= 4 is 11.3 Å². The zero-order valence-electron chi connectivity index (χ0n) is 9.29. The normalized spacial score (nSPS) is 15.8. The van der Waals surface area contributed by atoms with Gasteiger partial charge in [0.05, 0.1) is 5.60 Å². The van der Waals surface area contributed by atoms with E-state index in [4.69, 9.17) is 0 Å². The van der Waals surface area contributed by atoms with Crippen molar-refractivity contribution in [1.29, 1.82) is 0 Å². The molecule has 0 aliphatic carbocycles. The Bertz CT molecular complexity index is 247. The largest absolute Gasteiger partial charge is 0.385 e. The summed E-state index contributed by atoms with van der Waals surface area (Å²) >= 11 is 1.64. The van der Waals surface area contributed by atoms with E-state index in [-0.39, 0.29) is 0 Å². The zero-order chi connectivity index (χ0) is 10.6. The minimum Gasteiger partial charge on any atom is -0.385 e. The van der Waals surface area contributed by atoms with Crippen LogP contribution in [0.5, 0.6) is 0 Å². The average Bonchev–Trinajstić information content (AvgIpc) is 2.67. The van der Waals surface area contributed by atoms with Crippen LogP contribution in [0.4, 0.5) is 0 Å². The number of rotatable bonds is 5. The van der Waals surface area contributed by atoms with Crippen molar-refractivity contribution < 1.29 is 5.11 Å². The fourth-order valence-corrected chi connectivity index (χ4v) is 2.62. The Morgan fingerprint density at radius 2 is 2.07 bits per heavy atom. The molecule has 1 unspecified atom stereocenters. The van der Waals surface area contributed by atoms with Gasteiger partial charge in [0.1, 0.15) is 0 Å². The molecule has 0 amide bonds. The lowest BCUT2D eigenvalue weighted by Gasteiger charge is -2.26. The molecule has 0 aliphatic rings. The zero-order valence-corrected chi connectivity index (χ0v) is 10.1. The Kier molecular flexibility index (Phi) is 4.14. The van der Waals surface area contributed by atoms with E-state index in [2.05, 4.69) is 13.8 Å². The Morgan fingerprint density at radius 3 is 2.50 bits per heavy atom. The minimum atomic E-state index is -0.634. The van der Waals surface area contributed by atoms with E-state index >= 15 is 0 Å². The smallest absolute Gasteiger partial charge is 0.0962 e. The number of hydrogen-bond donors (Lipinski definition) is 1. The van der Waals surface area contributed by atoms with Crippen LogP contribution in [0, 0.1) is 5.92 Å². The summed E-state index contributed by atoms with van der Waals surface area (Å²) < 4.78 is 0. The van der Waals surface area contributed by atoms with Gasteiger partial charge >= 0.3 is 0 Å². The second-order valence-corrected chi connectivity index (χ2v) is 5.09. The molecule has 0 radical (unpaired) electrons. The van der Waals surface area contributed by atoms with Gasteiger partial charge in [-0.15, -0.1) is 11.3 Å². The highest BCUT2D eigenvalue weighted by molar-refractivity contribution is 7.10. The predicted molar refractivity (Wildman–Crippen MR) is 62.6 cm³/mol. The summed E-state index contributed by atoms with van der Waals surface area (Å²) in [4.78, 5) is 1.09. The maximum Gasteiger partial charge on any atom is 0.0962 e. The standard InChI is InChI=1S/C12H20OS/c1-4-10(5-2)9-12(3,13)11-7-6-8-14-11/h6-8,10,13H,4-5,9H2,1-3H3. The first-order chi connectivity index (χ1) is 6.60. The van der Waals surface area contributed by atoms with Gasteiger partial charge in [0.25, 0.3) is 0 Å². The third-order valence-electron chi connectivity index (χ3n) is 2.89. The summed E-state index contributed by atoms with van der Waals surface area (Å²) in [5, 5.41) is 12.3. The summed E-state index contributed by atoms with van der Waals surface area (Å²) in [5.41, 5.74) is -0.634. The molecule has 1 aromatic rings. The van der Waals surface area contributed by atoms with E-state index in [0.29, 0.717) is 5.92 Å². The Balaban J connectivity index is 2.66. The molecule has 0 aromatic carbocycles. The highest BCUT2D eigenvalue weighted by Gasteiger charge is 2.26. The summed E-state index contributed by atoms with van der Waals surface area (Å²) in [6.07, 6.45) is 3.18. The molecule has 2 heteroatoms. The third kappa shape index (κ3) is 2.82. The minimum absolute atomic E-state index is 0.632. The SMILES string of the molecule is CCC(CC)CC(C)(O)c1cccs1. The van der Waals surface area contributed by atoms with E-state index in [1.165, 1.54) is 0 Å². The van der Waals surface area contributed by atoms with Gasteiger partial charge in [0.15, 0.2) is 0 Å². The Morgan fingerprint density at radius 1 is 1.43 bits per heavy atom. The molecule has 1 rings (SSSR count). The van der Waals surface area contributed by atoms with Crippen molar-refractivity contribution in [2.75, 3.05) is 0 Å². The van der Waals surface area contributed by atoms with Crippen LogP contribution in [0.1, 0.15) is 44.9 Å². The van der Waals surface area contributed by atoms with Gasteiger partial charge in [-0.1, -0.05) is 32.8 Å². The van der Waals surface area contributed by atoms with Crippen LogP contribution in [0.3, 0.4) is 0 Å². The number of hydrogen-bond acceptors (Lipinski definition) is 2. The Labute approximate surface area is 90.8 Å². The molecule has 80 valence electrons.